The van der Waals surface area contributed by atoms with Crippen LogP contribution in [0, 0.1) is 5.92 Å². The fourth-order valence-electron chi connectivity index (χ4n) is 3.43. The lowest BCUT2D eigenvalue weighted by molar-refractivity contribution is -0.132. The molecule has 5 nitrogen and oxygen atoms in total. The molecule has 1 amide bonds. The van der Waals surface area contributed by atoms with Crippen LogP contribution in [0.5, 0.6) is 11.5 Å². The number of para-hydroxylation sites is 2. The van der Waals surface area contributed by atoms with Gasteiger partial charge in [-0.1, -0.05) is 25.0 Å². The number of benzene rings is 1. The zero-order valence-corrected chi connectivity index (χ0v) is 13.7. The van der Waals surface area contributed by atoms with Gasteiger partial charge in [0.05, 0.1) is 6.54 Å². The van der Waals surface area contributed by atoms with Gasteiger partial charge in [0.25, 0.3) is 0 Å². The Balaban J connectivity index is 1.51. The van der Waals surface area contributed by atoms with E-state index in [1.807, 2.05) is 31.3 Å². The van der Waals surface area contributed by atoms with Crippen molar-refractivity contribution < 1.29 is 14.3 Å². The normalized spacial score (nSPS) is 26.6. The van der Waals surface area contributed by atoms with Crippen molar-refractivity contribution in [3.63, 3.8) is 0 Å². The fourth-order valence-corrected chi connectivity index (χ4v) is 3.43. The van der Waals surface area contributed by atoms with Crippen LogP contribution in [-0.4, -0.2) is 43.2 Å². The van der Waals surface area contributed by atoms with Crippen molar-refractivity contribution in [3.8, 4) is 11.5 Å². The number of nitrogens with zero attached hydrogens (tertiary/aromatic N) is 1. The summed E-state index contributed by atoms with van der Waals surface area (Å²) in [7, 11) is 1.83. The number of nitrogens with two attached hydrogens (primary N) is 1. The molecule has 2 aliphatic rings. The zero-order valence-electron chi connectivity index (χ0n) is 13.7. The summed E-state index contributed by atoms with van der Waals surface area (Å²) < 4.78 is 11.6. The summed E-state index contributed by atoms with van der Waals surface area (Å²) in [6, 6.07) is 7.80. The molecule has 5 heteroatoms. The second-order valence-corrected chi connectivity index (χ2v) is 6.68. The van der Waals surface area contributed by atoms with E-state index in [0.29, 0.717) is 25.5 Å². The molecule has 2 N–H and O–H groups in total. The Morgan fingerprint density at radius 3 is 2.78 bits per heavy atom. The molecule has 126 valence electrons. The van der Waals surface area contributed by atoms with Crippen LogP contribution >= 0.6 is 0 Å². The van der Waals surface area contributed by atoms with Crippen LogP contribution in [0.4, 0.5) is 0 Å². The second kappa shape index (κ2) is 7.21. The summed E-state index contributed by atoms with van der Waals surface area (Å²) in [5.74, 6) is 1.99. The second-order valence-electron chi connectivity index (χ2n) is 6.68. The Labute approximate surface area is 137 Å². The Kier molecular flexibility index (Phi) is 5.06. The number of ether oxygens (including phenoxy) is 2. The monoisotopic (exact) mass is 318 g/mol. The largest absolute Gasteiger partial charge is 0.486 e. The van der Waals surface area contributed by atoms with Crippen molar-refractivity contribution in [1.82, 2.24) is 4.90 Å². The SMILES string of the molecule is CN(CC1COc2ccccc2O1)C(=O)CC1CCCCC1N. The van der Waals surface area contributed by atoms with E-state index < -0.39 is 0 Å². The number of fused-ring (bicyclic) bond motifs is 1. The predicted molar refractivity (Wildman–Crippen MR) is 88.5 cm³/mol. The molecule has 0 spiro atoms. The first kappa shape index (κ1) is 16.1. The quantitative estimate of drug-likeness (QED) is 0.924. The minimum atomic E-state index is -0.126. The third kappa shape index (κ3) is 3.96. The minimum absolute atomic E-state index is 0.126. The van der Waals surface area contributed by atoms with Gasteiger partial charge in [0.2, 0.25) is 5.91 Å². The van der Waals surface area contributed by atoms with E-state index in [1.165, 1.54) is 12.8 Å². The summed E-state index contributed by atoms with van der Waals surface area (Å²) in [5.41, 5.74) is 6.15. The highest BCUT2D eigenvalue weighted by atomic mass is 16.6. The molecule has 23 heavy (non-hydrogen) atoms. The summed E-state index contributed by atoms with van der Waals surface area (Å²) in [6.45, 7) is 1.01. The van der Waals surface area contributed by atoms with E-state index in [4.69, 9.17) is 15.2 Å². The lowest BCUT2D eigenvalue weighted by atomic mass is 9.83. The van der Waals surface area contributed by atoms with Gasteiger partial charge in [-0.05, 0) is 30.9 Å². The van der Waals surface area contributed by atoms with Crippen LogP contribution in [0.15, 0.2) is 24.3 Å². The van der Waals surface area contributed by atoms with Crippen molar-refractivity contribution >= 4 is 5.91 Å². The average Bonchev–Trinajstić information content (AvgIpc) is 2.56. The Morgan fingerprint density at radius 2 is 2.00 bits per heavy atom. The van der Waals surface area contributed by atoms with Gasteiger partial charge < -0.3 is 20.1 Å². The Bertz CT molecular complexity index is 549. The van der Waals surface area contributed by atoms with Crippen LogP contribution in [-0.2, 0) is 4.79 Å². The minimum Gasteiger partial charge on any atom is -0.486 e. The van der Waals surface area contributed by atoms with Crippen molar-refractivity contribution in [3.05, 3.63) is 24.3 Å². The molecule has 1 aliphatic carbocycles. The first-order chi connectivity index (χ1) is 11.1. The van der Waals surface area contributed by atoms with Crippen LogP contribution < -0.4 is 15.2 Å². The van der Waals surface area contributed by atoms with Crippen molar-refractivity contribution in [2.75, 3.05) is 20.2 Å². The van der Waals surface area contributed by atoms with Crippen molar-refractivity contribution in [1.29, 1.82) is 0 Å². The van der Waals surface area contributed by atoms with Gasteiger partial charge in [-0.25, -0.2) is 0 Å². The highest BCUT2D eigenvalue weighted by Crippen LogP contribution is 2.31. The third-order valence-corrected chi connectivity index (χ3v) is 4.88. The molecule has 1 aromatic carbocycles. The van der Waals surface area contributed by atoms with Crippen molar-refractivity contribution in [2.24, 2.45) is 11.7 Å². The predicted octanol–water partition coefficient (Wildman–Crippen LogP) is 2.19. The van der Waals surface area contributed by atoms with E-state index in [1.54, 1.807) is 4.90 Å². The first-order valence-electron chi connectivity index (χ1n) is 8.51. The lowest BCUT2D eigenvalue weighted by Crippen LogP contribution is -2.43. The maximum atomic E-state index is 12.5. The summed E-state index contributed by atoms with van der Waals surface area (Å²) in [6.07, 6.45) is 4.90. The van der Waals surface area contributed by atoms with E-state index in [9.17, 15) is 4.79 Å². The van der Waals surface area contributed by atoms with Crippen LogP contribution in [0.25, 0.3) is 0 Å². The van der Waals surface area contributed by atoms with Gasteiger partial charge in [-0.3, -0.25) is 4.79 Å². The molecule has 0 saturated heterocycles. The first-order valence-corrected chi connectivity index (χ1v) is 8.51. The Hall–Kier alpha value is -1.75. The third-order valence-electron chi connectivity index (χ3n) is 4.88. The van der Waals surface area contributed by atoms with Crippen molar-refractivity contribution in [2.45, 2.75) is 44.2 Å². The maximum Gasteiger partial charge on any atom is 0.222 e. The summed E-state index contributed by atoms with van der Waals surface area (Å²) in [5, 5.41) is 0. The molecule has 0 radical (unpaired) electrons. The molecule has 1 saturated carbocycles. The van der Waals surface area contributed by atoms with Gasteiger partial charge in [0.1, 0.15) is 6.61 Å². The summed E-state index contributed by atoms with van der Waals surface area (Å²) >= 11 is 0. The highest BCUT2D eigenvalue weighted by Gasteiger charge is 2.28. The standard InChI is InChI=1S/C18H26N2O3/c1-20(18(21)10-13-6-2-3-7-15(13)19)11-14-12-22-16-8-4-5-9-17(16)23-14/h4-5,8-9,13-15H,2-3,6-7,10-12,19H2,1H3. The average molecular weight is 318 g/mol. The molecule has 3 atom stereocenters. The number of hydrogen-bond acceptors (Lipinski definition) is 4. The number of hydrogen-bond donors (Lipinski definition) is 1. The molecule has 1 fully saturated rings. The number of rotatable bonds is 4. The maximum absolute atomic E-state index is 12.5. The van der Waals surface area contributed by atoms with E-state index in [0.717, 1.165) is 24.3 Å². The molecule has 1 aromatic rings. The van der Waals surface area contributed by atoms with E-state index >= 15 is 0 Å². The zero-order chi connectivity index (χ0) is 16.2. The summed E-state index contributed by atoms with van der Waals surface area (Å²) in [4.78, 5) is 14.2. The molecule has 3 unspecified atom stereocenters. The molecule has 0 aromatic heterocycles. The van der Waals surface area contributed by atoms with Crippen LogP contribution in [0.3, 0.4) is 0 Å². The number of carbonyl (C=O) groups excluding carboxylic acids is 1. The molecular formula is C18H26N2O3. The topological polar surface area (TPSA) is 64.8 Å². The molecule has 3 rings (SSSR count). The Morgan fingerprint density at radius 1 is 1.26 bits per heavy atom. The van der Waals surface area contributed by atoms with Crippen LogP contribution in [0.2, 0.25) is 0 Å². The van der Waals surface area contributed by atoms with Gasteiger partial charge in [0, 0.05) is 19.5 Å². The van der Waals surface area contributed by atoms with E-state index in [-0.39, 0.29) is 18.1 Å². The van der Waals surface area contributed by atoms with Crippen LogP contribution in [0.1, 0.15) is 32.1 Å². The van der Waals surface area contributed by atoms with E-state index in [2.05, 4.69) is 0 Å². The number of carbonyl (C=O) groups is 1. The molecule has 0 bridgehead atoms. The highest BCUT2D eigenvalue weighted by molar-refractivity contribution is 5.76. The van der Waals surface area contributed by atoms with Gasteiger partial charge in [-0.2, -0.15) is 0 Å². The smallest absolute Gasteiger partial charge is 0.222 e. The molecular weight excluding hydrogens is 292 g/mol. The van der Waals surface area contributed by atoms with Gasteiger partial charge >= 0.3 is 0 Å². The number of amides is 1. The molecule has 1 aliphatic heterocycles. The van der Waals surface area contributed by atoms with Gasteiger partial charge in [-0.15, -0.1) is 0 Å². The lowest BCUT2D eigenvalue weighted by Gasteiger charge is -2.32. The van der Waals surface area contributed by atoms with Gasteiger partial charge in [0.15, 0.2) is 17.6 Å². The molecule has 1 heterocycles. The fraction of sp³-hybridized carbons (Fsp3) is 0.611. The number of likely N-dealkylation sites (N-methyl/N-ethyl adjacent to an activating group) is 1.